The number of carbonyl (C=O) groups excluding carboxylic acids is 1. The molecule has 2 heterocycles. The largest absolute Gasteiger partial charge is 0.456 e. The summed E-state index contributed by atoms with van der Waals surface area (Å²) in [7, 11) is 0. The number of amides is 1. The van der Waals surface area contributed by atoms with E-state index in [4.69, 9.17) is 4.74 Å². The molecule has 3 aromatic rings. The van der Waals surface area contributed by atoms with Crippen LogP contribution < -0.4 is 15.4 Å². The lowest BCUT2D eigenvalue weighted by molar-refractivity contribution is -0.141. The molecule has 0 spiro atoms. The number of anilines is 1. The van der Waals surface area contributed by atoms with E-state index >= 15 is 0 Å². The lowest BCUT2D eigenvalue weighted by Gasteiger charge is -2.18. The lowest BCUT2D eigenvalue weighted by atomic mass is 9.88. The molecule has 0 saturated carbocycles. The lowest BCUT2D eigenvalue weighted by Crippen LogP contribution is -2.28. The highest BCUT2D eigenvalue weighted by Gasteiger charge is 2.34. The first-order chi connectivity index (χ1) is 14.9. The van der Waals surface area contributed by atoms with Crippen LogP contribution in [-0.2, 0) is 11.0 Å². The summed E-state index contributed by atoms with van der Waals surface area (Å²) in [5.41, 5.74) is 0.760. The van der Waals surface area contributed by atoms with Crippen molar-refractivity contribution in [1.29, 1.82) is 0 Å². The fraction of sp³-hybridized carbons (Fsp3) is 0.217. The van der Waals surface area contributed by atoms with Gasteiger partial charge in [-0.2, -0.15) is 13.2 Å². The van der Waals surface area contributed by atoms with Gasteiger partial charge in [0.05, 0.1) is 12.1 Å². The average molecular weight is 427 g/mol. The van der Waals surface area contributed by atoms with Crippen molar-refractivity contribution in [1.82, 2.24) is 10.3 Å². The molecule has 8 heteroatoms. The maximum atomic E-state index is 12.8. The van der Waals surface area contributed by atoms with Crippen LogP contribution >= 0.6 is 0 Å². The molecule has 0 unspecified atom stereocenters. The molecule has 0 aliphatic carbocycles. The molecule has 0 radical (unpaired) electrons. The number of hydrogen-bond acceptors (Lipinski definition) is 4. The monoisotopic (exact) mass is 427 g/mol. The van der Waals surface area contributed by atoms with E-state index in [1.807, 2.05) is 30.3 Å². The van der Waals surface area contributed by atoms with Crippen molar-refractivity contribution in [2.45, 2.75) is 12.1 Å². The molecule has 31 heavy (non-hydrogen) atoms. The number of ether oxygens (including phenoxy) is 1. The molecule has 5 nitrogen and oxygen atoms in total. The maximum Gasteiger partial charge on any atom is 0.433 e. The van der Waals surface area contributed by atoms with E-state index in [1.54, 1.807) is 24.3 Å². The Balaban J connectivity index is 1.37. The maximum absolute atomic E-state index is 12.8. The molecule has 4 rings (SSSR count). The van der Waals surface area contributed by atoms with Gasteiger partial charge in [-0.05, 0) is 42.0 Å². The average Bonchev–Trinajstić information content (AvgIpc) is 3.26. The van der Waals surface area contributed by atoms with Gasteiger partial charge in [0.25, 0.3) is 0 Å². The number of rotatable bonds is 5. The molecular weight excluding hydrogens is 407 g/mol. The number of hydrogen-bond donors (Lipinski definition) is 2. The van der Waals surface area contributed by atoms with E-state index < -0.39 is 11.9 Å². The Hall–Kier alpha value is -3.39. The summed E-state index contributed by atoms with van der Waals surface area (Å²) in [5.74, 6) is 0.462. The quantitative estimate of drug-likeness (QED) is 0.612. The number of halogens is 3. The van der Waals surface area contributed by atoms with E-state index in [1.165, 1.54) is 6.07 Å². The first-order valence-electron chi connectivity index (χ1n) is 9.78. The van der Waals surface area contributed by atoms with E-state index in [2.05, 4.69) is 15.6 Å². The van der Waals surface area contributed by atoms with E-state index in [9.17, 15) is 18.0 Å². The van der Waals surface area contributed by atoms with Crippen molar-refractivity contribution < 1.29 is 22.7 Å². The third-order valence-corrected chi connectivity index (χ3v) is 5.16. The van der Waals surface area contributed by atoms with Gasteiger partial charge in [-0.1, -0.05) is 30.3 Å². The second kappa shape index (κ2) is 8.77. The zero-order chi connectivity index (χ0) is 21.8. The molecule has 2 aromatic carbocycles. The predicted octanol–water partition coefficient (Wildman–Crippen LogP) is 4.83. The molecule has 1 aliphatic heterocycles. The van der Waals surface area contributed by atoms with Gasteiger partial charge in [-0.15, -0.1) is 0 Å². The van der Waals surface area contributed by atoms with Crippen LogP contribution in [0.4, 0.5) is 18.9 Å². The van der Waals surface area contributed by atoms with Crippen LogP contribution in [0.1, 0.15) is 17.2 Å². The minimum Gasteiger partial charge on any atom is -0.456 e. The molecular formula is C23H20F3N3O2. The van der Waals surface area contributed by atoms with Crippen molar-refractivity contribution >= 4 is 11.6 Å². The Bertz CT molecular complexity index is 1020. The summed E-state index contributed by atoms with van der Waals surface area (Å²) < 4.78 is 43.3. The van der Waals surface area contributed by atoms with E-state index in [0.29, 0.717) is 18.0 Å². The number of aromatic nitrogens is 1. The SMILES string of the molecule is O=C(Nc1ccc(Oc2ccc(C(F)(F)F)nc2)cc1)[C@H]1CNC[C@@H]1c1ccccc1. The number of pyridine rings is 1. The molecule has 1 saturated heterocycles. The van der Waals surface area contributed by atoms with Crippen LogP contribution in [0.3, 0.4) is 0 Å². The molecule has 160 valence electrons. The molecule has 2 atom stereocenters. The highest BCUT2D eigenvalue weighted by Crippen LogP contribution is 2.31. The number of benzene rings is 2. The fourth-order valence-electron chi connectivity index (χ4n) is 3.59. The zero-order valence-corrected chi connectivity index (χ0v) is 16.4. The first kappa shape index (κ1) is 20.9. The standard InChI is InChI=1S/C23H20F3N3O2/c24-23(25,26)21-11-10-18(12-28-21)31-17-8-6-16(7-9-17)29-22(30)20-14-27-13-19(20)15-4-2-1-3-5-15/h1-12,19-20,27H,13-14H2,(H,29,30)/t19-,20+/m1/s1. The van der Waals surface area contributed by atoms with Gasteiger partial charge in [0.2, 0.25) is 5.91 Å². The molecule has 0 bridgehead atoms. The van der Waals surface area contributed by atoms with Gasteiger partial charge in [-0.25, -0.2) is 4.98 Å². The molecule has 1 amide bonds. The van der Waals surface area contributed by atoms with Gasteiger partial charge in [0, 0.05) is 24.7 Å². The smallest absolute Gasteiger partial charge is 0.433 e. The van der Waals surface area contributed by atoms with Gasteiger partial charge in [0.15, 0.2) is 0 Å². The van der Waals surface area contributed by atoms with Crippen LogP contribution in [-0.4, -0.2) is 24.0 Å². The predicted molar refractivity (Wildman–Crippen MR) is 110 cm³/mol. The van der Waals surface area contributed by atoms with Gasteiger partial charge < -0.3 is 15.4 Å². The van der Waals surface area contributed by atoms with Crippen LogP contribution in [0.25, 0.3) is 0 Å². The third-order valence-electron chi connectivity index (χ3n) is 5.16. The summed E-state index contributed by atoms with van der Waals surface area (Å²) in [4.78, 5) is 16.2. The van der Waals surface area contributed by atoms with Gasteiger partial charge in [0.1, 0.15) is 17.2 Å². The van der Waals surface area contributed by atoms with E-state index in [0.717, 1.165) is 24.4 Å². The van der Waals surface area contributed by atoms with Crippen LogP contribution in [0.5, 0.6) is 11.5 Å². The Labute approximate surface area is 177 Å². The van der Waals surface area contributed by atoms with Crippen LogP contribution in [0.15, 0.2) is 72.9 Å². The number of nitrogens with one attached hydrogen (secondary N) is 2. The van der Waals surface area contributed by atoms with Crippen LogP contribution in [0, 0.1) is 5.92 Å². The summed E-state index contributed by atoms with van der Waals surface area (Å²) in [6, 6.07) is 18.6. The summed E-state index contributed by atoms with van der Waals surface area (Å²) >= 11 is 0. The number of nitrogens with zero attached hydrogens (tertiary/aromatic N) is 1. The Morgan fingerprint density at radius 1 is 0.968 bits per heavy atom. The molecule has 1 aliphatic rings. The number of carbonyl (C=O) groups is 1. The van der Waals surface area contributed by atoms with Crippen molar-refractivity contribution in [3.8, 4) is 11.5 Å². The highest BCUT2D eigenvalue weighted by atomic mass is 19.4. The zero-order valence-electron chi connectivity index (χ0n) is 16.4. The normalized spacial score (nSPS) is 18.5. The first-order valence-corrected chi connectivity index (χ1v) is 9.78. The summed E-state index contributed by atoms with van der Waals surface area (Å²) in [6.07, 6.45) is -3.47. The minimum absolute atomic E-state index is 0.0699. The molecule has 1 fully saturated rings. The highest BCUT2D eigenvalue weighted by molar-refractivity contribution is 5.93. The van der Waals surface area contributed by atoms with Crippen molar-refractivity contribution in [2.24, 2.45) is 5.92 Å². The molecule has 1 aromatic heterocycles. The van der Waals surface area contributed by atoms with Crippen LogP contribution in [0.2, 0.25) is 0 Å². The Morgan fingerprint density at radius 2 is 1.68 bits per heavy atom. The van der Waals surface area contributed by atoms with Gasteiger partial charge in [-0.3, -0.25) is 4.79 Å². The fourth-order valence-corrected chi connectivity index (χ4v) is 3.59. The Kier molecular flexibility index (Phi) is 5.90. The summed E-state index contributed by atoms with van der Waals surface area (Å²) in [5, 5.41) is 6.21. The Morgan fingerprint density at radius 3 is 2.32 bits per heavy atom. The van der Waals surface area contributed by atoms with E-state index in [-0.39, 0.29) is 23.5 Å². The van der Waals surface area contributed by atoms with Crippen molar-refractivity contribution in [3.63, 3.8) is 0 Å². The van der Waals surface area contributed by atoms with Crippen molar-refractivity contribution in [2.75, 3.05) is 18.4 Å². The van der Waals surface area contributed by atoms with Crippen molar-refractivity contribution in [3.05, 3.63) is 84.2 Å². The summed E-state index contributed by atoms with van der Waals surface area (Å²) in [6.45, 7) is 1.35. The third kappa shape index (κ3) is 5.03. The second-order valence-electron chi connectivity index (χ2n) is 7.27. The second-order valence-corrected chi connectivity index (χ2v) is 7.27. The topological polar surface area (TPSA) is 63.2 Å². The minimum atomic E-state index is -4.49. The molecule has 2 N–H and O–H groups in total. The number of alkyl halides is 3. The van der Waals surface area contributed by atoms with Gasteiger partial charge >= 0.3 is 6.18 Å².